The van der Waals surface area contributed by atoms with Crippen molar-refractivity contribution in [1.29, 1.82) is 0 Å². The Kier molecular flexibility index (Phi) is 4.95. The molecule has 1 amide bonds. The quantitative estimate of drug-likeness (QED) is 0.878. The topological polar surface area (TPSA) is 58.6 Å². The standard InChI is InChI=1S/C15H18F3NO3/c16-15(17,18)22-12-6-2-1-5-11(12)10-19-13(20)9-14(21)7-3-4-8-14/h1-2,5-6,21H,3-4,7-10H2,(H,19,20). The van der Waals surface area contributed by atoms with Crippen LogP contribution in [0.5, 0.6) is 5.75 Å². The van der Waals surface area contributed by atoms with E-state index in [1.807, 2.05) is 0 Å². The largest absolute Gasteiger partial charge is 0.573 e. The van der Waals surface area contributed by atoms with Crippen molar-refractivity contribution in [3.8, 4) is 5.75 Å². The lowest BCUT2D eigenvalue weighted by atomic mass is 9.97. The Labute approximate surface area is 126 Å². The summed E-state index contributed by atoms with van der Waals surface area (Å²) in [7, 11) is 0. The summed E-state index contributed by atoms with van der Waals surface area (Å²) in [6.45, 7) is -0.0822. The molecule has 1 saturated carbocycles. The van der Waals surface area contributed by atoms with Crippen LogP contribution in [-0.2, 0) is 11.3 Å². The molecule has 22 heavy (non-hydrogen) atoms. The molecule has 1 aromatic rings. The van der Waals surface area contributed by atoms with Crippen molar-refractivity contribution < 1.29 is 27.8 Å². The van der Waals surface area contributed by atoms with Crippen LogP contribution in [0.3, 0.4) is 0 Å². The fourth-order valence-electron chi connectivity index (χ4n) is 2.64. The second-order valence-electron chi connectivity index (χ2n) is 5.54. The van der Waals surface area contributed by atoms with Gasteiger partial charge in [-0.25, -0.2) is 0 Å². The fraction of sp³-hybridized carbons (Fsp3) is 0.533. The summed E-state index contributed by atoms with van der Waals surface area (Å²) >= 11 is 0. The predicted molar refractivity (Wildman–Crippen MR) is 73.0 cm³/mol. The highest BCUT2D eigenvalue weighted by Crippen LogP contribution is 2.32. The van der Waals surface area contributed by atoms with Gasteiger partial charge in [0.05, 0.1) is 12.0 Å². The Balaban J connectivity index is 1.92. The molecule has 1 aliphatic carbocycles. The SMILES string of the molecule is O=C(CC1(O)CCCC1)NCc1ccccc1OC(F)(F)F. The van der Waals surface area contributed by atoms with Crippen LogP contribution in [-0.4, -0.2) is 23.0 Å². The van der Waals surface area contributed by atoms with Crippen LogP contribution in [0.4, 0.5) is 13.2 Å². The van der Waals surface area contributed by atoms with E-state index in [0.717, 1.165) is 12.8 Å². The zero-order valence-electron chi connectivity index (χ0n) is 11.9. The molecule has 7 heteroatoms. The van der Waals surface area contributed by atoms with E-state index >= 15 is 0 Å². The number of carbonyl (C=O) groups excluding carboxylic acids is 1. The third-order valence-corrected chi connectivity index (χ3v) is 3.70. The number of halogens is 3. The summed E-state index contributed by atoms with van der Waals surface area (Å²) in [6, 6.07) is 5.63. The van der Waals surface area contributed by atoms with Gasteiger partial charge in [-0.15, -0.1) is 13.2 Å². The van der Waals surface area contributed by atoms with E-state index in [1.165, 1.54) is 18.2 Å². The van der Waals surface area contributed by atoms with Crippen LogP contribution in [0.1, 0.15) is 37.7 Å². The minimum Gasteiger partial charge on any atom is -0.405 e. The molecular formula is C15H18F3NO3. The zero-order valence-corrected chi connectivity index (χ0v) is 11.9. The molecule has 0 aliphatic heterocycles. The summed E-state index contributed by atoms with van der Waals surface area (Å²) in [5, 5.41) is 12.7. The van der Waals surface area contributed by atoms with Gasteiger partial charge in [0.15, 0.2) is 0 Å². The number of nitrogens with one attached hydrogen (secondary N) is 1. The summed E-state index contributed by atoms with van der Waals surface area (Å²) < 4.78 is 40.8. The number of hydrogen-bond acceptors (Lipinski definition) is 3. The number of alkyl halides is 3. The van der Waals surface area contributed by atoms with Crippen molar-refractivity contribution in [2.75, 3.05) is 0 Å². The first-order chi connectivity index (χ1) is 10.3. The minimum atomic E-state index is -4.78. The lowest BCUT2D eigenvalue weighted by Gasteiger charge is -2.21. The molecular weight excluding hydrogens is 299 g/mol. The number of hydrogen-bond donors (Lipinski definition) is 2. The van der Waals surface area contributed by atoms with Gasteiger partial charge in [0.1, 0.15) is 5.75 Å². The molecule has 0 radical (unpaired) electrons. The molecule has 0 saturated heterocycles. The van der Waals surface area contributed by atoms with E-state index in [4.69, 9.17) is 0 Å². The van der Waals surface area contributed by atoms with Crippen molar-refractivity contribution in [1.82, 2.24) is 5.32 Å². The maximum atomic E-state index is 12.3. The average molecular weight is 317 g/mol. The number of amides is 1. The van der Waals surface area contributed by atoms with Crippen molar-refractivity contribution in [3.63, 3.8) is 0 Å². The van der Waals surface area contributed by atoms with Crippen LogP contribution in [0.25, 0.3) is 0 Å². The maximum Gasteiger partial charge on any atom is 0.573 e. The molecule has 0 atom stereocenters. The second-order valence-corrected chi connectivity index (χ2v) is 5.54. The van der Waals surface area contributed by atoms with E-state index in [9.17, 15) is 23.1 Å². The molecule has 0 aromatic heterocycles. The number of carbonyl (C=O) groups is 1. The summed E-state index contributed by atoms with van der Waals surface area (Å²) in [6.07, 6.45) is -1.89. The number of para-hydroxylation sites is 1. The highest BCUT2D eigenvalue weighted by Gasteiger charge is 2.34. The Morgan fingerprint density at radius 3 is 2.55 bits per heavy atom. The van der Waals surface area contributed by atoms with Gasteiger partial charge in [0, 0.05) is 12.1 Å². The summed E-state index contributed by atoms with van der Waals surface area (Å²) in [5.41, 5.74) is -0.752. The Hall–Kier alpha value is -1.76. The van der Waals surface area contributed by atoms with Crippen LogP contribution in [0.2, 0.25) is 0 Å². The third-order valence-electron chi connectivity index (χ3n) is 3.70. The van der Waals surface area contributed by atoms with Gasteiger partial charge in [-0.05, 0) is 18.9 Å². The zero-order chi connectivity index (χ0) is 16.2. The first-order valence-corrected chi connectivity index (χ1v) is 7.10. The number of aliphatic hydroxyl groups is 1. The van der Waals surface area contributed by atoms with Gasteiger partial charge in [-0.2, -0.15) is 0 Å². The van der Waals surface area contributed by atoms with E-state index < -0.39 is 12.0 Å². The Morgan fingerprint density at radius 2 is 1.91 bits per heavy atom. The van der Waals surface area contributed by atoms with Crippen molar-refractivity contribution in [3.05, 3.63) is 29.8 Å². The van der Waals surface area contributed by atoms with Crippen LogP contribution in [0, 0.1) is 0 Å². The van der Waals surface area contributed by atoms with Crippen LogP contribution in [0.15, 0.2) is 24.3 Å². The first-order valence-electron chi connectivity index (χ1n) is 7.10. The highest BCUT2D eigenvalue weighted by molar-refractivity contribution is 5.77. The molecule has 2 N–H and O–H groups in total. The number of ether oxygens (including phenoxy) is 1. The van der Waals surface area contributed by atoms with Crippen molar-refractivity contribution in [2.24, 2.45) is 0 Å². The number of benzene rings is 1. The highest BCUT2D eigenvalue weighted by atomic mass is 19.4. The molecule has 0 bridgehead atoms. The first kappa shape index (κ1) is 16.6. The summed E-state index contributed by atoms with van der Waals surface area (Å²) in [5.74, 6) is -0.721. The van der Waals surface area contributed by atoms with Gasteiger partial charge in [0.25, 0.3) is 0 Å². The molecule has 4 nitrogen and oxygen atoms in total. The van der Waals surface area contributed by atoms with E-state index in [1.54, 1.807) is 6.07 Å². The maximum absolute atomic E-state index is 12.3. The molecule has 122 valence electrons. The van der Waals surface area contributed by atoms with E-state index in [-0.39, 0.29) is 30.2 Å². The van der Waals surface area contributed by atoms with Crippen LogP contribution < -0.4 is 10.1 Å². The Morgan fingerprint density at radius 1 is 1.27 bits per heavy atom. The van der Waals surface area contributed by atoms with Crippen LogP contribution >= 0.6 is 0 Å². The molecule has 1 fully saturated rings. The second kappa shape index (κ2) is 6.56. The van der Waals surface area contributed by atoms with Gasteiger partial charge in [0.2, 0.25) is 5.91 Å². The van der Waals surface area contributed by atoms with Gasteiger partial charge in [-0.1, -0.05) is 31.0 Å². The van der Waals surface area contributed by atoms with E-state index in [0.29, 0.717) is 12.8 Å². The third kappa shape index (κ3) is 4.91. The van der Waals surface area contributed by atoms with E-state index in [2.05, 4.69) is 10.1 Å². The molecule has 0 spiro atoms. The smallest absolute Gasteiger partial charge is 0.405 e. The lowest BCUT2D eigenvalue weighted by molar-refractivity contribution is -0.274. The lowest BCUT2D eigenvalue weighted by Crippen LogP contribution is -2.34. The average Bonchev–Trinajstić information content (AvgIpc) is 2.82. The normalized spacial score (nSPS) is 17.3. The van der Waals surface area contributed by atoms with Crippen molar-refractivity contribution >= 4 is 5.91 Å². The molecule has 2 rings (SSSR count). The van der Waals surface area contributed by atoms with Gasteiger partial charge in [-0.3, -0.25) is 4.79 Å². The molecule has 0 heterocycles. The number of rotatable bonds is 5. The fourth-order valence-corrected chi connectivity index (χ4v) is 2.64. The molecule has 1 aromatic carbocycles. The monoisotopic (exact) mass is 317 g/mol. The molecule has 0 unspecified atom stereocenters. The van der Waals surface area contributed by atoms with Gasteiger partial charge >= 0.3 is 6.36 Å². The molecule has 1 aliphatic rings. The predicted octanol–water partition coefficient (Wildman–Crippen LogP) is 2.90. The Bertz CT molecular complexity index is 525. The summed E-state index contributed by atoms with van der Waals surface area (Å²) in [4.78, 5) is 11.8. The van der Waals surface area contributed by atoms with Crippen molar-refractivity contribution in [2.45, 2.75) is 50.6 Å². The van der Waals surface area contributed by atoms with Gasteiger partial charge < -0.3 is 15.2 Å². The minimum absolute atomic E-state index is 0.0324.